The number of hydrogen-bond donors (Lipinski definition) is 1. The summed E-state index contributed by atoms with van der Waals surface area (Å²) in [5.41, 5.74) is 0.946. The maximum Gasteiger partial charge on any atom is 0.471 e. The molecule has 25 heavy (non-hydrogen) atoms. The molecule has 3 heterocycles. The second kappa shape index (κ2) is 6.63. The summed E-state index contributed by atoms with van der Waals surface area (Å²) in [6.07, 6.45) is -0.550. The molecule has 0 fully saturated rings. The maximum atomic E-state index is 12.5. The molecule has 3 rings (SSSR count). The van der Waals surface area contributed by atoms with Crippen LogP contribution in [0.25, 0.3) is 11.4 Å². The van der Waals surface area contributed by atoms with Crippen LogP contribution in [0.3, 0.4) is 0 Å². The Morgan fingerprint density at radius 3 is 2.52 bits per heavy atom. The summed E-state index contributed by atoms with van der Waals surface area (Å²) in [5.74, 6) is -1.41. The van der Waals surface area contributed by atoms with Gasteiger partial charge in [0.05, 0.1) is 11.6 Å². The zero-order valence-electron chi connectivity index (χ0n) is 12.6. The monoisotopic (exact) mass is 370 g/mol. The minimum atomic E-state index is -4.70. The van der Waals surface area contributed by atoms with Gasteiger partial charge < -0.3 is 9.84 Å². The lowest BCUT2D eigenvalue weighted by atomic mass is 10.1. The van der Waals surface area contributed by atoms with Crippen molar-refractivity contribution in [3.05, 3.63) is 47.3 Å². The van der Waals surface area contributed by atoms with Crippen molar-refractivity contribution in [2.24, 2.45) is 0 Å². The van der Waals surface area contributed by atoms with Gasteiger partial charge in [-0.3, -0.25) is 0 Å². The molecule has 11 heteroatoms. The summed E-state index contributed by atoms with van der Waals surface area (Å²) in [6, 6.07) is 3.33. The molecule has 0 aliphatic heterocycles. The van der Waals surface area contributed by atoms with Crippen LogP contribution < -0.4 is 5.32 Å². The van der Waals surface area contributed by atoms with E-state index in [0.29, 0.717) is 5.15 Å². The van der Waals surface area contributed by atoms with E-state index >= 15 is 0 Å². The molecule has 130 valence electrons. The van der Waals surface area contributed by atoms with Crippen molar-refractivity contribution in [3.8, 4) is 11.4 Å². The largest absolute Gasteiger partial charge is 0.471 e. The molecule has 0 aliphatic carbocycles. The predicted octanol–water partition coefficient (Wildman–Crippen LogP) is 3.77. The summed E-state index contributed by atoms with van der Waals surface area (Å²) >= 11 is 6.02. The van der Waals surface area contributed by atoms with E-state index in [1.807, 2.05) is 6.92 Å². The molecular formula is C14H10ClF3N6O. The zero-order valence-corrected chi connectivity index (χ0v) is 13.4. The first-order valence-corrected chi connectivity index (χ1v) is 7.32. The van der Waals surface area contributed by atoms with Crippen molar-refractivity contribution in [2.75, 3.05) is 5.32 Å². The van der Waals surface area contributed by atoms with E-state index < -0.39 is 12.1 Å². The molecule has 3 aromatic heterocycles. The molecule has 0 amide bonds. The van der Waals surface area contributed by atoms with Gasteiger partial charge >= 0.3 is 12.1 Å². The average Bonchev–Trinajstić information content (AvgIpc) is 3.06. The van der Waals surface area contributed by atoms with Crippen molar-refractivity contribution in [1.82, 2.24) is 25.1 Å². The number of anilines is 1. The molecule has 1 atom stereocenters. The number of halogens is 4. The first-order chi connectivity index (χ1) is 11.8. The first-order valence-electron chi connectivity index (χ1n) is 6.95. The van der Waals surface area contributed by atoms with Gasteiger partial charge in [0.25, 0.3) is 0 Å². The number of hydrogen-bond acceptors (Lipinski definition) is 7. The van der Waals surface area contributed by atoms with Crippen LogP contribution in [0.5, 0.6) is 0 Å². The summed E-state index contributed by atoms with van der Waals surface area (Å²) in [7, 11) is 0. The van der Waals surface area contributed by atoms with Gasteiger partial charge in [0.15, 0.2) is 0 Å². The van der Waals surface area contributed by atoms with Gasteiger partial charge in [0.1, 0.15) is 5.15 Å². The Hall–Kier alpha value is -2.75. The number of pyridine rings is 1. The summed E-state index contributed by atoms with van der Waals surface area (Å²) in [5, 5.41) is 6.64. The van der Waals surface area contributed by atoms with Crippen LogP contribution in [-0.4, -0.2) is 25.1 Å². The molecule has 1 N–H and O–H groups in total. The Bertz CT molecular complexity index is 868. The highest BCUT2D eigenvalue weighted by atomic mass is 35.5. The normalized spacial score (nSPS) is 12.8. The lowest BCUT2D eigenvalue weighted by Crippen LogP contribution is -2.10. The molecule has 1 unspecified atom stereocenters. The second-order valence-electron chi connectivity index (χ2n) is 4.97. The standard InChI is InChI=1S/C14H10ClF3N6O/c1-7(9-3-2-4-19-10(9)15)22-13-20-5-8(6-21-13)11-23-12(25-24-11)14(16,17)18/h2-7H,1H3,(H,20,21,22). The van der Waals surface area contributed by atoms with Gasteiger partial charge in [-0.05, 0) is 13.0 Å². The number of rotatable bonds is 4. The van der Waals surface area contributed by atoms with E-state index in [1.165, 1.54) is 12.4 Å². The third-order valence-electron chi connectivity index (χ3n) is 3.18. The van der Waals surface area contributed by atoms with Crippen LogP contribution in [0, 0.1) is 0 Å². The summed E-state index contributed by atoms with van der Waals surface area (Å²) < 4.78 is 41.6. The van der Waals surface area contributed by atoms with Gasteiger partial charge in [-0.25, -0.2) is 15.0 Å². The van der Waals surface area contributed by atoms with Crippen LogP contribution in [-0.2, 0) is 6.18 Å². The van der Waals surface area contributed by atoms with E-state index in [0.717, 1.165) is 5.56 Å². The number of nitrogens with zero attached hydrogens (tertiary/aromatic N) is 5. The first kappa shape index (κ1) is 17.1. The topological polar surface area (TPSA) is 89.6 Å². The van der Waals surface area contributed by atoms with Crippen LogP contribution >= 0.6 is 11.6 Å². The van der Waals surface area contributed by atoms with Gasteiger partial charge in [-0.15, -0.1) is 0 Å². The van der Waals surface area contributed by atoms with Crippen LogP contribution in [0.15, 0.2) is 35.2 Å². The maximum absolute atomic E-state index is 12.5. The van der Waals surface area contributed by atoms with Gasteiger partial charge in [0.2, 0.25) is 11.8 Å². The molecule has 0 bridgehead atoms. The molecule has 3 aromatic rings. The fourth-order valence-corrected chi connectivity index (χ4v) is 2.25. The molecule has 0 spiro atoms. The smallest absolute Gasteiger partial charge is 0.348 e. The summed E-state index contributed by atoms with van der Waals surface area (Å²) in [4.78, 5) is 15.3. The lowest BCUT2D eigenvalue weighted by Gasteiger charge is -2.14. The molecule has 0 radical (unpaired) electrons. The second-order valence-corrected chi connectivity index (χ2v) is 5.32. The number of aromatic nitrogens is 5. The Morgan fingerprint density at radius 2 is 1.92 bits per heavy atom. The Labute approximate surface area is 144 Å². The SMILES string of the molecule is CC(Nc1ncc(-c2noc(C(F)(F)F)n2)cn1)c1cccnc1Cl. The average molecular weight is 371 g/mol. The Kier molecular flexibility index (Phi) is 4.53. The molecular weight excluding hydrogens is 361 g/mol. The molecule has 0 aliphatic rings. The van der Waals surface area contributed by atoms with Crippen LogP contribution in [0.2, 0.25) is 5.15 Å². The highest BCUT2D eigenvalue weighted by Gasteiger charge is 2.38. The van der Waals surface area contributed by atoms with Crippen molar-refractivity contribution < 1.29 is 17.7 Å². The van der Waals surface area contributed by atoms with Gasteiger partial charge in [-0.2, -0.15) is 18.2 Å². The third kappa shape index (κ3) is 3.85. The fourth-order valence-electron chi connectivity index (χ4n) is 1.97. The molecule has 0 aromatic carbocycles. The van der Waals surface area contributed by atoms with Gasteiger partial charge in [-0.1, -0.05) is 22.8 Å². The van der Waals surface area contributed by atoms with E-state index in [4.69, 9.17) is 11.6 Å². The van der Waals surface area contributed by atoms with Crippen molar-refractivity contribution >= 4 is 17.5 Å². The predicted molar refractivity (Wildman–Crippen MR) is 81.6 cm³/mol. The highest BCUT2D eigenvalue weighted by Crippen LogP contribution is 2.29. The van der Waals surface area contributed by atoms with Crippen LogP contribution in [0.1, 0.15) is 24.4 Å². The molecule has 0 saturated heterocycles. The van der Waals surface area contributed by atoms with E-state index in [-0.39, 0.29) is 23.4 Å². The van der Waals surface area contributed by atoms with Crippen molar-refractivity contribution in [1.29, 1.82) is 0 Å². The fraction of sp³-hybridized carbons (Fsp3) is 0.214. The van der Waals surface area contributed by atoms with E-state index in [1.54, 1.807) is 18.3 Å². The van der Waals surface area contributed by atoms with Gasteiger partial charge in [0, 0.05) is 24.2 Å². The van der Waals surface area contributed by atoms with Crippen molar-refractivity contribution in [3.63, 3.8) is 0 Å². The minimum absolute atomic E-state index is 0.192. The number of nitrogens with one attached hydrogen (secondary N) is 1. The van der Waals surface area contributed by atoms with Crippen molar-refractivity contribution in [2.45, 2.75) is 19.1 Å². The molecule has 7 nitrogen and oxygen atoms in total. The molecule has 0 saturated carbocycles. The third-order valence-corrected chi connectivity index (χ3v) is 3.49. The van der Waals surface area contributed by atoms with E-state index in [2.05, 4.69) is 34.9 Å². The summed E-state index contributed by atoms with van der Waals surface area (Å²) in [6.45, 7) is 1.84. The zero-order chi connectivity index (χ0) is 18.0. The number of alkyl halides is 3. The Morgan fingerprint density at radius 1 is 1.20 bits per heavy atom. The Balaban J connectivity index is 1.74. The van der Waals surface area contributed by atoms with E-state index in [9.17, 15) is 13.2 Å². The highest BCUT2D eigenvalue weighted by molar-refractivity contribution is 6.30. The van der Waals surface area contributed by atoms with Crippen LogP contribution in [0.4, 0.5) is 19.1 Å². The quantitative estimate of drug-likeness (QED) is 0.699. The minimum Gasteiger partial charge on any atom is -0.348 e. The lowest BCUT2D eigenvalue weighted by molar-refractivity contribution is -0.159.